The first kappa shape index (κ1) is 12.4. The summed E-state index contributed by atoms with van der Waals surface area (Å²) in [4.78, 5) is 4.49. The van der Waals surface area contributed by atoms with E-state index in [0.29, 0.717) is 17.1 Å². The number of aryl methyl sites for hydroxylation is 1. The molecule has 92 valence electrons. The van der Waals surface area contributed by atoms with Crippen molar-refractivity contribution in [3.63, 3.8) is 0 Å². The first-order chi connectivity index (χ1) is 8.56. The lowest BCUT2D eigenvalue weighted by molar-refractivity contribution is 0.619. The van der Waals surface area contributed by atoms with E-state index >= 15 is 0 Å². The predicted molar refractivity (Wildman–Crippen MR) is 74.5 cm³/mol. The van der Waals surface area contributed by atoms with Crippen LogP contribution in [0.4, 0.5) is 15.9 Å². The van der Waals surface area contributed by atoms with E-state index < -0.39 is 0 Å². The van der Waals surface area contributed by atoms with Crippen LogP contribution >= 0.6 is 12.2 Å². The van der Waals surface area contributed by atoms with Gasteiger partial charge in [0.1, 0.15) is 16.6 Å². The SMILES string of the molecule is Cc1cc(Nc2cccc(C(N)=S)n2)ccc1F. The molecular weight excluding hydrogens is 249 g/mol. The van der Waals surface area contributed by atoms with Crippen molar-refractivity contribution in [1.82, 2.24) is 4.98 Å². The third-order valence-electron chi connectivity index (χ3n) is 2.43. The third kappa shape index (κ3) is 2.81. The standard InChI is InChI=1S/C13H12FN3S/c1-8-7-9(5-6-10(8)14)16-12-4-2-3-11(17-12)13(15)18/h2-7H,1H3,(H2,15,18)(H,16,17). The third-order valence-corrected chi connectivity index (χ3v) is 2.64. The van der Waals surface area contributed by atoms with E-state index in [0.717, 1.165) is 5.69 Å². The van der Waals surface area contributed by atoms with Gasteiger partial charge in [0.2, 0.25) is 0 Å². The molecule has 0 spiro atoms. The molecule has 0 atom stereocenters. The molecule has 0 aliphatic rings. The quantitative estimate of drug-likeness (QED) is 0.834. The molecule has 0 saturated heterocycles. The summed E-state index contributed by atoms with van der Waals surface area (Å²) < 4.78 is 13.1. The smallest absolute Gasteiger partial charge is 0.131 e. The van der Waals surface area contributed by atoms with Gasteiger partial charge in [0, 0.05) is 5.69 Å². The molecule has 2 aromatic rings. The number of nitrogens with zero attached hydrogens (tertiary/aromatic N) is 1. The van der Waals surface area contributed by atoms with Gasteiger partial charge in [-0.2, -0.15) is 0 Å². The zero-order chi connectivity index (χ0) is 13.1. The van der Waals surface area contributed by atoms with E-state index in [-0.39, 0.29) is 10.8 Å². The fourth-order valence-electron chi connectivity index (χ4n) is 1.51. The lowest BCUT2D eigenvalue weighted by atomic mass is 10.2. The number of anilines is 2. The monoisotopic (exact) mass is 261 g/mol. The second-order valence-corrected chi connectivity index (χ2v) is 4.30. The average molecular weight is 261 g/mol. The van der Waals surface area contributed by atoms with Crippen molar-refractivity contribution in [1.29, 1.82) is 0 Å². The van der Waals surface area contributed by atoms with Crippen LogP contribution in [0.15, 0.2) is 36.4 Å². The van der Waals surface area contributed by atoms with Crippen molar-refractivity contribution >= 4 is 28.7 Å². The van der Waals surface area contributed by atoms with Gasteiger partial charge in [0.25, 0.3) is 0 Å². The predicted octanol–water partition coefficient (Wildman–Crippen LogP) is 2.91. The molecule has 0 unspecified atom stereocenters. The van der Waals surface area contributed by atoms with Crippen LogP contribution in [0.5, 0.6) is 0 Å². The van der Waals surface area contributed by atoms with E-state index in [9.17, 15) is 4.39 Å². The normalized spacial score (nSPS) is 10.1. The fourth-order valence-corrected chi connectivity index (χ4v) is 1.63. The summed E-state index contributed by atoms with van der Waals surface area (Å²) in [6, 6.07) is 10.1. The second-order valence-electron chi connectivity index (χ2n) is 3.86. The molecule has 0 fully saturated rings. The molecule has 0 radical (unpaired) electrons. The molecule has 0 amide bonds. The second kappa shape index (κ2) is 5.10. The molecule has 5 heteroatoms. The van der Waals surface area contributed by atoms with Gasteiger partial charge in [-0.3, -0.25) is 0 Å². The number of halogens is 1. The summed E-state index contributed by atoms with van der Waals surface area (Å²) in [5.41, 5.74) is 7.40. The molecule has 1 heterocycles. The molecule has 0 bridgehead atoms. The Balaban J connectivity index is 2.25. The Bertz CT molecular complexity index is 599. The molecular formula is C13H12FN3S. The van der Waals surface area contributed by atoms with Gasteiger partial charge >= 0.3 is 0 Å². The lowest BCUT2D eigenvalue weighted by Gasteiger charge is -2.08. The van der Waals surface area contributed by atoms with E-state index in [1.54, 1.807) is 37.3 Å². The van der Waals surface area contributed by atoms with Crippen LogP contribution in [0.3, 0.4) is 0 Å². The van der Waals surface area contributed by atoms with Crippen LogP contribution < -0.4 is 11.1 Å². The Kier molecular flexibility index (Phi) is 3.53. The van der Waals surface area contributed by atoms with Gasteiger partial charge in [-0.15, -0.1) is 0 Å². The summed E-state index contributed by atoms with van der Waals surface area (Å²) in [5, 5.41) is 3.07. The highest BCUT2D eigenvalue weighted by atomic mass is 32.1. The highest BCUT2D eigenvalue weighted by Gasteiger charge is 2.02. The Morgan fingerprint density at radius 2 is 2.11 bits per heavy atom. The average Bonchev–Trinajstić information content (AvgIpc) is 2.34. The molecule has 2 rings (SSSR count). The minimum atomic E-state index is -0.231. The van der Waals surface area contributed by atoms with Gasteiger partial charge in [0.05, 0.1) is 5.69 Å². The van der Waals surface area contributed by atoms with E-state index in [1.807, 2.05) is 0 Å². The highest BCUT2D eigenvalue weighted by molar-refractivity contribution is 7.80. The zero-order valence-corrected chi connectivity index (χ0v) is 10.6. The first-order valence-corrected chi connectivity index (χ1v) is 5.77. The summed E-state index contributed by atoms with van der Waals surface area (Å²) in [6.07, 6.45) is 0. The van der Waals surface area contributed by atoms with Crippen LogP contribution in [0.1, 0.15) is 11.3 Å². The van der Waals surface area contributed by atoms with Crippen LogP contribution in [-0.2, 0) is 0 Å². The van der Waals surface area contributed by atoms with Crippen molar-refractivity contribution in [3.8, 4) is 0 Å². The number of aromatic nitrogens is 1. The summed E-state index contributed by atoms with van der Waals surface area (Å²) in [7, 11) is 0. The number of nitrogens with two attached hydrogens (primary N) is 1. The largest absolute Gasteiger partial charge is 0.388 e. The lowest BCUT2D eigenvalue weighted by Crippen LogP contribution is -2.12. The number of hydrogen-bond acceptors (Lipinski definition) is 3. The molecule has 3 nitrogen and oxygen atoms in total. The van der Waals surface area contributed by atoms with Crippen molar-refractivity contribution in [2.24, 2.45) is 5.73 Å². The number of nitrogens with one attached hydrogen (secondary N) is 1. The Morgan fingerprint density at radius 3 is 2.78 bits per heavy atom. The number of rotatable bonds is 3. The maximum Gasteiger partial charge on any atom is 0.131 e. The summed E-state index contributed by atoms with van der Waals surface area (Å²) in [6.45, 7) is 1.71. The van der Waals surface area contributed by atoms with E-state index in [4.69, 9.17) is 18.0 Å². The molecule has 1 aromatic heterocycles. The van der Waals surface area contributed by atoms with Gasteiger partial charge in [-0.05, 0) is 42.8 Å². The fraction of sp³-hybridized carbons (Fsp3) is 0.0769. The van der Waals surface area contributed by atoms with Crippen LogP contribution in [0.2, 0.25) is 0 Å². The van der Waals surface area contributed by atoms with E-state index in [1.165, 1.54) is 6.07 Å². The number of hydrogen-bond donors (Lipinski definition) is 2. The maximum atomic E-state index is 13.1. The number of thiocarbonyl (C=S) groups is 1. The first-order valence-electron chi connectivity index (χ1n) is 5.36. The minimum absolute atomic E-state index is 0.231. The van der Waals surface area contributed by atoms with Crippen LogP contribution in [0.25, 0.3) is 0 Å². The zero-order valence-electron chi connectivity index (χ0n) is 9.77. The van der Waals surface area contributed by atoms with Crippen molar-refractivity contribution < 1.29 is 4.39 Å². The van der Waals surface area contributed by atoms with Crippen molar-refractivity contribution in [3.05, 3.63) is 53.5 Å². The summed E-state index contributed by atoms with van der Waals surface area (Å²) >= 11 is 4.86. The molecule has 0 aliphatic heterocycles. The van der Waals surface area contributed by atoms with Gasteiger partial charge in [-0.25, -0.2) is 9.37 Å². The van der Waals surface area contributed by atoms with Crippen molar-refractivity contribution in [2.45, 2.75) is 6.92 Å². The van der Waals surface area contributed by atoms with Crippen molar-refractivity contribution in [2.75, 3.05) is 5.32 Å². The molecule has 18 heavy (non-hydrogen) atoms. The summed E-state index contributed by atoms with van der Waals surface area (Å²) in [5.74, 6) is 0.386. The molecule has 3 N–H and O–H groups in total. The van der Waals surface area contributed by atoms with Crippen LogP contribution in [-0.4, -0.2) is 9.97 Å². The van der Waals surface area contributed by atoms with Gasteiger partial charge < -0.3 is 11.1 Å². The minimum Gasteiger partial charge on any atom is -0.388 e. The van der Waals surface area contributed by atoms with Gasteiger partial charge in [-0.1, -0.05) is 18.3 Å². The Morgan fingerprint density at radius 1 is 1.33 bits per heavy atom. The Labute approximate surface area is 110 Å². The van der Waals surface area contributed by atoms with Gasteiger partial charge in [0.15, 0.2) is 0 Å². The highest BCUT2D eigenvalue weighted by Crippen LogP contribution is 2.18. The van der Waals surface area contributed by atoms with E-state index in [2.05, 4.69) is 10.3 Å². The van der Waals surface area contributed by atoms with Crippen LogP contribution in [0, 0.1) is 12.7 Å². The molecule has 0 aliphatic carbocycles. The molecule has 0 saturated carbocycles. The number of pyridine rings is 1. The number of benzene rings is 1. The molecule has 1 aromatic carbocycles. The topological polar surface area (TPSA) is 50.9 Å². The maximum absolute atomic E-state index is 13.1. The Hall–Kier alpha value is -2.01.